The SMILES string of the molecule is COc1ccc(F)cc1C1NCCCC1C. The summed E-state index contributed by atoms with van der Waals surface area (Å²) in [7, 11) is 1.63. The second kappa shape index (κ2) is 4.83. The summed E-state index contributed by atoms with van der Waals surface area (Å²) in [6.45, 7) is 3.19. The van der Waals surface area contributed by atoms with Crippen LogP contribution in [0.2, 0.25) is 0 Å². The van der Waals surface area contributed by atoms with Gasteiger partial charge in [0.1, 0.15) is 11.6 Å². The van der Waals surface area contributed by atoms with Crippen molar-refractivity contribution in [2.24, 2.45) is 5.92 Å². The molecule has 0 aromatic heterocycles. The molecule has 2 nitrogen and oxygen atoms in total. The fraction of sp³-hybridized carbons (Fsp3) is 0.538. The lowest BCUT2D eigenvalue weighted by atomic mass is 9.87. The summed E-state index contributed by atoms with van der Waals surface area (Å²) in [5.41, 5.74) is 0.940. The summed E-state index contributed by atoms with van der Waals surface area (Å²) in [6.07, 6.45) is 2.37. The van der Waals surface area contributed by atoms with E-state index in [0.29, 0.717) is 5.92 Å². The average Bonchev–Trinajstić information content (AvgIpc) is 2.29. The Morgan fingerprint density at radius 3 is 2.94 bits per heavy atom. The van der Waals surface area contributed by atoms with Gasteiger partial charge < -0.3 is 10.1 Å². The molecule has 88 valence electrons. The molecule has 0 saturated carbocycles. The molecule has 1 heterocycles. The van der Waals surface area contributed by atoms with E-state index >= 15 is 0 Å². The van der Waals surface area contributed by atoms with Crippen molar-refractivity contribution >= 4 is 0 Å². The third-order valence-corrected chi connectivity index (χ3v) is 3.30. The number of piperidine rings is 1. The lowest BCUT2D eigenvalue weighted by Crippen LogP contribution is -2.33. The Labute approximate surface area is 95.8 Å². The molecule has 2 rings (SSSR count). The largest absolute Gasteiger partial charge is 0.496 e. The van der Waals surface area contributed by atoms with Gasteiger partial charge in [0.15, 0.2) is 0 Å². The second-order valence-corrected chi connectivity index (χ2v) is 4.44. The van der Waals surface area contributed by atoms with Gasteiger partial charge in [0, 0.05) is 11.6 Å². The summed E-state index contributed by atoms with van der Waals surface area (Å²) < 4.78 is 18.6. The molecule has 2 unspecified atom stereocenters. The van der Waals surface area contributed by atoms with Gasteiger partial charge in [-0.3, -0.25) is 0 Å². The maximum absolute atomic E-state index is 13.3. The molecule has 1 fully saturated rings. The summed E-state index contributed by atoms with van der Waals surface area (Å²) in [5.74, 6) is 1.09. The molecule has 2 atom stereocenters. The van der Waals surface area contributed by atoms with E-state index in [4.69, 9.17) is 4.74 Å². The van der Waals surface area contributed by atoms with Crippen LogP contribution in [0, 0.1) is 11.7 Å². The molecule has 1 aliphatic rings. The second-order valence-electron chi connectivity index (χ2n) is 4.44. The number of hydrogen-bond acceptors (Lipinski definition) is 2. The van der Waals surface area contributed by atoms with E-state index in [1.54, 1.807) is 19.2 Å². The van der Waals surface area contributed by atoms with E-state index < -0.39 is 0 Å². The number of halogens is 1. The quantitative estimate of drug-likeness (QED) is 0.832. The highest BCUT2D eigenvalue weighted by Gasteiger charge is 2.25. The van der Waals surface area contributed by atoms with Crippen molar-refractivity contribution in [3.63, 3.8) is 0 Å². The van der Waals surface area contributed by atoms with E-state index in [1.807, 2.05) is 0 Å². The van der Waals surface area contributed by atoms with Gasteiger partial charge >= 0.3 is 0 Å². The third kappa shape index (κ3) is 2.19. The van der Waals surface area contributed by atoms with E-state index in [0.717, 1.165) is 17.9 Å². The van der Waals surface area contributed by atoms with E-state index in [-0.39, 0.29) is 11.9 Å². The monoisotopic (exact) mass is 223 g/mol. The highest BCUT2D eigenvalue weighted by atomic mass is 19.1. The summed E-state index contributed by atoms with van der Waals surface area (Å²) in [5, 5.41) is 3.44. The molecule has 1 aliphatic heterocycles. The molecule has 1 N–H and O–H groups in total. The Kier molecular flexibility index (Phi) is 3.44. The van der Waals surface area contributed by atoms with Crippen LogP contribution in [0.5, 0.6) is 5.75 Å². The van der Waals surface area contributed by atoms with Crippen molar-refractivity contribution < 1.29 is 9.13 Å². The van der Waals surface area contributed by atoms with Crippen molar-refractivity contribution in [3.8, 4) is 5.75 Å². The van der Waals surface area contributed by atoms with Gasteiger partial charge in [-0.1, -0.05) is 6.92 Å². The standard InChI is InChI=1S/C13H18FNO/c1-9-4-3-7-15-13(9)11-8-10(14)5-6-12(11)16-2/h5-6,8-9,13,15H,3-4,7H2,1-2H3. The van der Waals surface area contributed by atoms with Crippen molar-refractivity contribution in [2.75, 3.05) is 13.7 Å². The molecule has 1 saturated heterocycles. The summed E-state index contributed by atoms with van der Waals surface area (Å²) >= 11 is 0. The van der Waals surface area contributed by atoms with Crippen LogP contribution in [0.15, 0.2) is 18.2 Å². The molecule has 16 heavy (non-hydrogen) atoms. The molecular weight excluding hydrogens is 205 g/mol. The normalized spacial score (nSPS) is 25.4. The predicted octanol–water partition coefficient (Wildman–Crippen LogP) is 2.89. The number of ether oxygens (including phenoxy) is 1. The van der Waals surface area contributed by atoms with Crippen LogP contribution in [-0.2, 0) is 0 Å². The van der Waals surface area contributed by atoms with E-state index in [9.17, 15) is 4.39 Å². The zero-order valence-electron chi connectivity index (χ0n) is 9.79. The minimum Gasteiger partial charge on any atom is -0.496 e. The van der Waals surface area contributed by atoms with Crippen LogP contribution in [0.3, 0.4) is 0 Å². The van der Waals surface area contributed by atoms with Crippen LogP contribution in [0.1, 0.15) is 31.4 Å². The molecule has 0 bridgehead atoms. The van der Waals surface area contributed by atoms with Gasteiger partial charge in [-0.2, -0.15) is 0 Å². The third-order valence-electron chi connectivity index (χ3n) is 3.30. The van der Waals surface area contributed by atoms with Gasteiger partial charge in [0.2, 0.25) is 0 Å². The van der Waals surface area contributed by atoms with Crippen molar-refractivity contribution in [1.29, 1.82) is 0 Å². The molecule has 0 aliphatic carbocycles. The van der Waals surface area contributed by atoms with Crippen molar-refractivity contribution in [3.05, 3.63) is 29.6 Å². The van der Waals surface area contributed by atoms with Crippen molar-refractivity contribution in [2.45, 2.75) is 25.8 Å². The maximum Gasteiger partial charge on any atom is 0.123 e. The van der Waals surface area contributed by atoms with Gasteiger partial charge in [0.05, 0.1) is 7.11 Å². The molecular formula is C13H18FNO. The number of benzene rings is 1. The first kappa shape index (κ1) is 11.4. The highest BCUT2D eigenvalue weighted by molar-refractivity contribution is 5.37. The topological polar surface area (TPSA) is 21.3 Å². The Bertz CT molecular complexity index is 367. The number of rotatable bonds is 2. The van der Waals surface area contributed by atoms with Crippen LogP contribution in [-0.4, -0.2) is 13.7 Å². The maximum atomic E-state index is 13.3. The summed E-state index contributed by atoms with van der Waals surface area (Å²) in [6, 6.07) is 4.93. The molecule has 0 radical (unpaired) electrons. The first-order chi connectivity index (χ1) is 7.72. The zero-order chi connectivity index (χ0) is 11.5. The number of methoxy groups -OCH3 is 1. The van der Waals surface area contributed by atoms with Crippen LogP contribution in [0.4, 0.5) is 4.39 Å². The lowest BCUT2D eigenvalue weighted by molar-refractivity contribution is 0.295. The molecule has 3 heteroatoms. The fourth-order valence-corrected chi connectivity index (χ4v) is 2.41. The number of hydrogen-bond donors (Lipinski definition) is 1. The Morgan fingerprint density at radius 2 is 2.25 bits per heavy atom. The van der Waals surface area contributed by atoms with Gasteiger partial charge in [-0.25, -0.2) is 4.39 Å². The molecule has 0 amide bonds. The van der Waals surface area contributed by atoms with Gasteiger partial charge in [-0.05, 0) is 43.5 Å². The van der Waals surface area contributed by atoms with Crippen molar-refractivity contribution in [1.82, 2.24) is 5.32 Å². The smallest absolute Gasteiger partial charge is 0.123 e. The first-order valence-corrected chi connectivity index (χ1v) is 5.79. The fourth-order valence-electron chi connectivity index (χ4n) is 2.41. The minimum atomic E-state index is -0.199. The lowest BCUT2D eigenvalue weighted by Gasteiger charge is -2.31. The Morgan fingerprint density at radius 1 is 1.44 bits per heavy atom. The molecule has 0 spiro atoms. The van der Waals surface area contributed by atoms with Gasteiger partial charge in [0.25, 0.3) is 0 Å². The van der Waals surface area contributed by atoms with E-state index in [2.05, 4.69) is 12.2 Å². The Hall–Kier alpha value is -1.09. The van der Waals surface area contributed by atoms with E-state index in [1.165, 1.54) is 18.9 Å². The summed E-state index contributed by atoms with van der Waals surface area (Å²) in [4.78, 5) is 0. The minimum absolute atomic E-state index is 0.199. The zero-order valence-corrected chi connectivity index (χ0v) is 9.79. The van der Waals surface area contributed by atoms with Crippen LogP contribution in [0.25, 0.3) is 0 Å². The first-order valence-electron chi connectivity index (χ1n) is 5.79. The van der Waals surface area contributed by atoms with Crippen LogP contribution < -0.4 is 10.1 Å². The number of nitrogens with one attached hydrogen (secondary N) is 1. The molecule has 1 aromatic carbocycles. The van der Waals surface area contributed by atoms with Crippen LogP contribution >= 0.6 is 0 Å². The Balaban J connectivity index is 2.33. The predicted molar refractivity (Wildman–Crippen MR) is 62.1 cm³/mol. The van der Waals surface area contributed by atoms with Gasteiger partial charge in [-0.15, -0.1) is 0 Å². The highest BCUT2D eigenvalue weighted by Crippen LogP contribution is 2.34. The average molecular weight is 223 g/mol. The molecule has 1 aromatic rings.